The molecule has 1 unspecified atom stereocenters. The van der Waals surface area contributed by atoms with Gasteiger partial charge in [-0.05, 0) is 19.8 Å². The quantitative estimate of drug-likeness (QED) is 0.647. The van der Waals surface area contributed by atoms with Crippen molar-refractivity contribution in [2.75, 3.05) is 6.61 Å². The Bertz CT molecular complexity index is 353. The van der Waals surface area contributed by atoms with Crippen LogP contribution in [0, 0.1) is 0 Å². The van der Waals surface area contributed by atoms with Crippen molar-refractivity contribution in [3.05, 3.63) is 12.2 Å². The summed E-state index contributed by atoms with van der Waals surface area (Å²) < 4.78 is 7.07. The fraction of sp³-hybridized carbons (Fsp3) is 0.667. The van der Waals surface area contributed by atoms with Crippen molar-refractivity contribution in [3.8, 4) is 0 Å². The predicted molar refractivity (Wildman–Crippen MR) is 48.9 cm³/mol. The van der Waals surface area contributed by atoms with E-state index in [-0.39, 0.29) is 5.78 Å². The summed E-state index contributed by atoms with van der Waals surface area (Å²) in [7, 11) is 1.76. The minimum absolute atomic E-state index is 0.0741. The van der Waals surface area contributed by atoms with E-state index >= 15 is 0 Å². The van der Waals surface area contributed by atoms with E-state index in [1.165, 1.54) is 6.33 Å². The molecule has 0 amide bonds. The van der Waals surface area contributed by atoms with Crippen LogP contribution in [0.4, 0.5) is 0 Å². The molecule has 1 saturated heterocycles. The van der Waals surface area contributed by atoms with Crippen LogP contribution in [0.1, 0.15) is 30.4 Å². The Morgan fingerprint density at radius 1 is 1.71 bits per heavy atom. The van der Waals surface area contributed by atoms with Crippen LogP contribution in [-0.4, -0.2) is 32.8 Å². The first-order valence-corrected chi connectivity index (χ1v) is 4.66. The molecule has 0 radical (unpaired) electrons. The van der Waals surface area contributed by atoms with E-state index in [0.29, 0.717) is 12.4 Å². The second-order valence-corrected chi connectivity index (χ2v) is 3.78. The van der Waals surface area contributed by atoms with E-state index in [0.717, 1.165) is 12.8 Å². The van der Waals surface area contributed by atoms with Gasteiger partial charge in [0.05, 0.1) is 0 Å². The third kappa shape index (κ3) is 1.33. The van der Waals surface area contributed by atoms with Crippen molar-refractivity contribution in [1.82, 2.24) is 14.8 Å². The first-order chi connectivity index (χ1) is 6.63. The first-order valence-electron chi connectivity index (χ1n) is 4.66. The molecule has 1 fully saturated rings. The number of Topliss-reactive ketones (excluding diaryl/α,β-unsaturated/α-hetero) is 1. The van der Waals surface area contributed by atoms with Crippen LogP contribution in [0.3, 0.4) is 0 Å². The van der Waals surface area contributed by atoms with Crippen molar-refractivity contribution < 1.29 is 9.53 Å². The Hall–Kier alpha value is -1.23. The molecule has 0 saturated carbocycles. The van der Waals surface area contributed by atoms with Gasteiger partial charge in [0.2, 0.25) is 11.6 Å². The van der Waals surface area contributed by atoms with Gasteiger partial charge in [-0.15, -0.1) is 10.2 Å². The summed E-state index contributed by atoms with van der Waals surface area (Å²) in [5.74, 6) is 0.296. The lowest BCUT2D eigenvalue weighted by atomic mass is 9.97. The number of aryl methyl sites for hydroxylation is 1. The maximum atomic E-state index is 12.0. The van der Waals surface area contributed by atoms with Crippen molar-refractivity contribution in [2.45, 2.75) is 25.4 Å². The Labute approximate surface area is 82.1 Å². The summed E-state index contributed by atoms with van der Waals surface area (Å²) in [6.07, 6.45) is 3.21. The van der Waals surface area contributed by atoms with E-state index in [1.54, 1.807) is 11.6 Å². The van der Waals surface area contributed by atoms with E-state index < -0.39 is 5.60 Å². The standard InChI is InChI=1S/C9H13N3O2/c1-9(4-3-5-14-9)7(13)8-11-10-6-12(8)2/h6H,3-5H2,1-2H3. The molecule has 0 spiro atoms. The van der Waals surface area contributed by atoms with Gasteiger partial charge in [0.15, 0.2) is 0 Å². The Kier molecular flexibility index (Phi) is 2.11. The summed E-state index contributed by atoms with van der Waals surface area (Å²) in [6.45, 7) is 2.47. The van der Waals surface area contributed by atoms with Gasteiger partial charge in [-0.2, -0.15) is 0 Å². The van der Waals surface area contributed by atoms with Crippen LogP contribution in [0.15, 0.2) is 6.33 Å². The highest BCUT2D eigenvalue weighted by Gasteiger charge is 2.40. The van der Waals surface area contributed by atoms with Crippen LogP contribution < -0.4 is 0 Å². The first kappa shape index (κ1) is 9.33. The summed E-state index contributed by atoms with van der Waals surface area (Å²) >= 11 is 0. The van der Waals surface area contributed by atoms with Crippen molar-refractivity contribution in [2.24, 2.45) is 7.05 Å². The molecule has 0 bridgehead atoms. The molecule has 2 heterocycles. The molecule has 1 aliphatic heterocycles. The van der Waals surface area contributed by atoms with Crippen LogP contribution in [0.25, 0.3) is 0 Å². The number of carbonyl (C=O) groups excluding carboxylic acids is 1. The van der Waals surface area contributed by atoms with Gasteiger partial charge in [0.25, 0.3) is 0 Å². The summed E-state index contributed by atoms with van der Waals surface area (Å²) in [5, 5.41) is 7.47. The predicted octanol–water partition coefficient (Wildman–Crippen LogP) is 0.567. The van der Waals surface area contributed by atoms with Crippen LogP contribution in [0.2, 0.25) is 0 Å². The highest BCUT2D eigenvalue weighted by molar-refractivity contribution is 5.99. The highest BCUT2D eigenvalue weighted by Crippen LogP contribution is 2.27. The van der Waals surface area contributed by atoms with Gasteiger partial charge in [-0.25, -0.2) is 0 Å². The topological polar surface area (TPSA) is 57.0 Å². The minimum atomic E-state index is -0.694. The molecule has 5 nitrogen and oxygen atoms in total. The molecule has 1 aromatic heterocycles. The molecule has 1 aliphatic rings. The van der Waals surface area contributed by atoms with Crippen LogP contribution >= 0.6 is 0 Å². The molecular formula is C9H13N3O2. The number of aromatic nitrogens is 3. The summed E-state index contributed by atoms with van der Waals surface area (Å²) in [5.41, 5.74) is -0.694. The van der Waals surface area contributed by atoms with Gasteiger partial charge in [0, 0.05) is 13.7 Å². The number of nitrogens with zero attached hydrogens (tertiary/aromatic N) is 3. The SMILES string of the molecule is Cn1cnnc1C(=O)C1(C)CCCO1. The summed E-state index contributed by atoms with van der Waals surface area (Å²) in [4.78, 5) is 12.0. The van der Waals surface area contributed by atoms with Gasteiger partial charge < -0.3 is 9.30 Å². The number of ether oxygens (including phenoxy) is 1. The molecule has 5 heteroatoms. The largest absolute Gasteiger partial charge is 0.367 e. The van der Waals surface area contributed by atoms with E-state index in [1.807, 2.05) is 6.92 Å². The molecule has 1 aromatic rings. The zero-order valence-electron chi connectivity index (χ0n) is 8.36. The fourth-order valence-corrected chi connectivity index (χ4v) is 1.68. The average molecular weight is 195 g/mol. The molecule has 0 aromatic carbocycles. The highest BCUT2D eigenvalue weighted by atomic mass is 16.5. The maximum Gasteiger partial charge on any atom is 0.231 e. The molecule has 76 valence electrons. The molecule has 14 heavy (non-hydrogen) atoms. The average Bonchev–Trinajstić information content (AvgIpc) is 2.74. The van der Waals surface area contributed by atoms with Crippen molar-refractivity contribution in [3.63, 3.8) is 0 Å². The lowest BCUT2D eigenvalue weighted by Crippen LogP contribution is -2.36. The van der Waals surface area contributed by atoms with E-state index in [9.17, 15) is 4.79 Å². The fourth-order valence-electron chi connectivity index (χ4n) is 1.68. The maximum absolute atomic E-state index is 12.0. The van der Waals surface area contributed by atoms with Gasteiger partial charge in [-0.3, -0.25) is 4.79 Å². The van der Waals surface area contributed by atoms with E-state index in [2.05, 4.69) is 10.2 Å². The molecular weight excluding hydrogens is 182 g/mol. The molecule has 1 atom stereocenters. The van der Waals surface area contributed by atoms with Crippen LogP contribution in [0.5, 0.6) is 0 Å². The number of carbonyl (C=O) groups is 1. The normalized spacial score (nSPS) is 26.7. The monoisotopic (exact) mass is 195 g/mol. The van der Waals surface area contributed by atoms with E-state index in [4.69, 9.17) is 4.74 Å². The number of rotatable bonds is 2. The second kappa shape index (κ2) is 3.16. The van der Waals surface area contributed by atoms with Crippen molar-refractivity contribution >= 4 is 5.78 Å². The molecule has 2 rings (SSSR count). The zero-order valence-corrected chi connectivity index (χ0v) is 8.36. The second-order valence-electron chi connectivity index (χ2n) is 3.78. The third-order valence-electron chi connectivity index (χ3n) is 2.61. The van der Waals surface area contributed by atoms with Crippen molar-refractivity contribution in [1.29, 1.82) is 0 Å². The van der Waals surface area contributed by atoms with Gasteiger partial charge >= 0.3 is 0 Å². The van der Waals surface area contributed by atoms with Gasteiger partial charge in [-0.1, -0.05) is 0 Å². The smallest absolute Gasteiger partial charge is 0.231 e. The van der Waals surface area contributed by atoms with Crippen LogP contribution in [-0.2, 0) is 11.8 Å². The Morgan fingerprint density at radius 2 is 2.50 bits per heavy atom. The Balaban J connectivity index is 2.28. The lowest BCUT2D eigenvalue weighted by Gasteiger charge is -2.20. The molecule has 0 N–H and O–H groups in total. The zero-order chi connectivity index (χ0) is 10.2. The Morgan fingerprint density at radius 3 is 3.00 bits per heavy atom. The third-order valence-corrected chi connectivity index (χ3v) is 2.61. The summed E-state index contributed by atoms with van der Waals surface area (Å²) in [6, 6.07) is 0. The number of ketones is 1. The molecule has 0 aliphatic carbocycles. The number of hydrogen-bond donors (Lipinski definition) is 0. The number of hydrogen-bond acceptors (Lipinski definition) is 4. The van der Waals surface area contributed by atoms with Gasteiger partial charge in [0.1, 0.15) is 11.9 Å². The minimum Gasteiger partial charge on any atom is -0.367 e. The lowest BCUT2D eigenvalue weighted by molar-refractivity contribution is 0.0201.